The highest BCUT2D eigenvalue weighted by Crippen LogP contribution is 2.14. The lowest BCUT2D eigenvalue weighted by atomic mass is 10.0. The van der Waals surface area contributed by atoms with Gasteiger partial charge in [-0.15, -0.1) is 0 Å². The van der Waals surface area contributed by atoms with Crippen LogP contribution in [0.4, 0.5) is 0 Å². The summed E-state index contributed by atoms with van der Waals surface area (Å²) in [6, 6.07) is 0.337. The summed E-state index contributed by atoms with van der Waals surface area (Å²) < 4.78 is 0. The minimum atomic E-state index is -0.232. The fraction of sp³-hybridized carbons (Fsp3) is 0.692. The Morgan fingerprint density at radius 3 is 2.61 bits per heavy atom. The lowest BCUT2D eigenvalue weighted by molar-refractivity contribution is -0.132. The number of carbonyl (C=O) groups excluding carboxylic acids is 2. The Bertz CT molecular complexity index is 309. The van der Waals surface area contributed by atoms with Gasteiger partial charge in [-0.25, -0.2) is 0 Å². The third-order valence-corrected chi connectivity index (χ3v) is 3.45. The molecule has 0 radical (unpaired) electrons. The second-order valence-corrected chi connectivity index (χ2v) is 4.78. The maximum absolute atomic E-state index is 11.9. The Labute approximate surface area is 109 Å². The third kappa shape index (κ3) is 4.49. The van der Waals surface area contributed by atoms with Gasteiger partial charge in [-0.3, -0.25) is 9.59 Å². The topological polar surface area (TPSA) is 52.7 Å². The van der Waals surface area contributed by atoms with Crippen LogP contribution in [0.5, 0.6) is 0 Å². The molecule has 0 aromatic rings. The van der Waals surface area contributed by atoms with Crippen molar-refractivity contribution < 1.29 is 9.59 Å². The number of rotatable bonds is 5. The Morgan fingerprint density at radius 2 is 2.06 bits per heavy atom. The second-order valence-electron chi connectivity index (χ2n) is 4.78. The number of piperidine rings is 1. The molecular weight excluding hydrogens is 230 g/mol. The van der Waals surface area contributed by atoms with E-state index in [4.69, 9.17) is 0 Å². The van der Waals surface area contributed by atoms with E-state index in [0.29, 0.717) is 19.0 Å². The van der Waals surface area contributed by atoms with Gasteiger partial charge in [-0.05, 0) is 39.1 Å². The van der Waals surface area contributed by atoms with Crippen LogP contribution in [0.2, 0.25) is 0 Å². The molecule has 0 aliphatic carbocycles. The Kier molecular flexibility index (Phi) is 5.85. The lowest BCUT2D eigenvalue weighted by Gasteiger charge is -2.35. The Morgan fingerprint density at radius 1 is 1.44 bits per heavy atom. The molecule has 0 atom stereocenters. The van der Waals surface area contributed by atoms with Crippen molar-refractivity contribution in [3.63, 3.8) is 0 Å². The molecule has 2 amide bonds. The van der Waals surface area contributed by atoms with Gasteiger partial charge in [0.25, 0.3) is 0 Å². The van der Waals surface area contributed by atoms with Crippen LogP contribution < -0.4 is 5.32 Å². The van der Waals surface area contributed by atoms with Crippen LogP contribution in [0.3, 0.4) is 0 Å². The molecule has 0 aromatic heterocycles. The van der Waals surface area contributed by atoms with Crippen molar-refractivity contribution >= 4 is 11.8 Å². The fourth-order valence-corrected chi connectivity index (χ4v) is 2.13. The maximum atomic E-state index is 11.9. The number of nitrogens with one attached hydrogen (secondary N) is 1. The van der Waals surface area contributed by atoms with E-state index in [1.165, 1.54) is 6.08 Å². The number of hydrogen-bond donors (Lipinski definition) is 1. The van der Waals surface area contributed by atoms with E-state index in [1.807, 2.05) is 11.9 Å². The van der Waals surface area contributed by atoms with Gasteiger partial charge in [-0.2, -0.15) is 0 Å². The summed E-state index contributed by atoms with van der Waals surface area (Å²) in [6.07, 6.45) is 3.61. The van der Waals surface area contributed by atoms with Gasteiger partial charge < -0.3 is 15.1 Å². The summed E-state index contributed by atoms with van der Waals surface area (Å²) in [5, 5.41) is 2.62. The maximum Gasteiger partial charge on any atom is 0.243 e. The van der Waals surface area contributed by atoms with Crippen molar-refractivity contribution in [2.24, 2.45) is 0 Å². The molecule has 0 unspecified atom stereocenters. The number of amides is 2. The molecule has 5 heteroatoms. The summed E-state index contributed by atoms with van der Waals surface area (Å²) in [4.78, 5) is 27.0. The van der Waals surface area contributed by atoms with Gasteiger partial charge >= 0.3 is 0 Å². The molecule has 1 rings (SSSR count). The molecule has 1 saturated heterocycles. The zero-order valence-electron chi connectivity index (χ0n) is 11.3. The summed E-state index contributed by atoms with van der Waals surface area (Å²) in [5.74, 6) is -0.140. The molecule has 18 heavy (non-hydrogen) atoms. The second kappa shape index (κ2) is 7.16. The van der Waals surface area contributed by atoms with Gasteiger partial charge in [0.05, 0.1) is 0 Å². The first-order chi connectivity index (χ1) is 8.54. The minimum absolute atomic E-state index is 0.0916. The minimum Gasteiger partial charge on any atom is -0.352 e. The van der Waals surface area contributed by atoms with Crippen LogP contribution in [0.15, 0.2) is 12.7 Å². The summed E-state index contributed by atoms with van der Waals surface area (Å²) in [6.45, 7) is 5.81. The van der Waals surface area contributed by atoms with E-state index < -0.39 is 0 Å². The predicted octanol–water partition coefficient (Wildman–Crippen LogP) is 0.231. The van der Waals surface area contributed by atoms with Crippen LogP contribution in [-0.4, -0.2) is 61.4 Å². The number of hydrogen-bond acceptors (Lipinski definition) is 3. The van der Waals surface area contributed by atoms with Gasteiger partial charge in [-0.1, -0.05) is 6.58 Å². The molecule has 0 spiro atoms. The molecule has 1 N–H and O–H groups in total. The van der Waals surface area contributed by atoms with Crippen molar-refractivity contribution in [3.05, 3.63) is 12.7 Å². The van der Waals surface area contributed by atoms with E-state index in [1.54, 1.807) is 0 Å². The first kappa shape index (κ1) is 14.7. The van der Waals surface area contributed by atoms with E-state index >= 15 is 0 Å². The third-order valence-electron chi connectivity index (χ3n) is 3.45. The molecule has 0 saturated carbocycles. The van der Waals surface area contributed by atoms with E-state index in [-0.39, 0.29) is 11.8 Å². The van der Waals surface area contributed by atoms with E-state index in [0.717, 1.165) is 25.9 Å². The molecule has 1 aliphatic heterocycles. The molecule has 0 aromatic carbocycles. The van der Waals surface area contributed by atoms with Crippen molar-refractivity contribution in [3.8, 4) is 0 Å². The average molecular weight is 253 g/mol. The molecule has 5 nitrogen and oxygen atoms in total. The molecule has 1 aliphatic rings. The monoisotopic (exact) mass is 253 g/mol. The van der Waals surface area contributed by atoms with Gasteiger partial charge in [0.15, 0.2) is 0 Å². The number of likely N-dealkylation sites (tertiary alicyclic amines) is 1. The van der Waals surface area contributed by atoms with Crippen LogP contribution in [0.25, 0.3) is 0 Å². The zero-order valence-corrected chi connectivity index (χ0v) is 11.3. The largest absolute Gasteiger partial charge is 0.352 e. The fourth-order valence-electron chi connectivity index (χ4n) is 2.13. The van der Waals surface area contributed by atoms with Crippen molar-refractivity contribution in [2.75, 3.05) is 33.7 Å². The van der Waals surface area contributed by atoms with Crippen LogP contribution >= 0.6 is 0 Å². The molecule has 1 heterocycles. The summed E-state index contributed by atoms with van der Waals surface area (Å²) in [5.41, 5.74) is 0. The highest BCUT2D eigenvalue weighted by atomic mass is 16.2. The zero-order chi connectivity index (χ0) is 13.5. The highest BCUT2D eigenvalue weighted by molar-refractivity contribution is 5.87. The van der Waals surface area contributed by atoms with Crippen molar-refractivity contribution in [1.82, 2.24) is 15.1 Å². The normalized spacial score (nSPS) is 17.2. The van der Waals surface area contributed by atoms with E-state index in [9.17, 15) is 9.59 Å². The average Bonchev–Trinajstić information content (AvgIpc) is 2.38. The predicted molar refractivity (Wildman–Crippen MR) is 71.1 cm³/mol. The van der Waals surface area contributed by atoms with Gasteiger partial charge in [0, 0.05) is 26.1 Å². The summed E-state index contributed by atoms with van der Waals surface area (Å²) in [7, 11) is 3.95. The number of nitrogens with zero attached hydrogens (tertiary/aromatic N) is 2. The van der Waals surface area contributed by atoms with Crippen LogP contribution in [0.1, 0.15) is 19.3 Å². The van der Waals surface area contributed by atoms with Crippen LogP contribution in [-0.2, 0) is 9.59 Å². The van der Waals surface area contributed by atoms with Crippen molar-refractivity contribution in [2.45, 2.75) is 25.3 Å². The smallest absolute Gasteiger partial charge is 0.243 e. The van der Waals surface area contributed by atoms with Gasteiger partial charge in [0.1, 0.15) is 0 Å². The first-order valence-corrected chi connectivity index (χ1v) is 6.39. The summed E-state index contributed by atoms with van der Waals surface area (Å²) >= 11 is 0. The highest BCUT2D eigenvalue weighted by Gasteiger charge is 2.23. The molecular formula is C13H23N3O2. The van der Waals surface area contributed by atoms with Crippen LogP contribution in [0, 0.1) is 0 Å². The molecule has 102 valence electrons. The first-order valence-electron chi connectivity index (χ1n) is 6.39. The lowest BCUT2D eigenvalue weighted by Crippen LogP contribution is -2.45. The van der Waals surface area contributed by atoms with Gasteiger partial charge in [0.2, 0.25) is 11.8 Å². The van der Waals surface area contributed by atoms with Crippen molar-refractivity contribution in [1.29, 1.82) is 0 Å². The quantitative estimate of drug-likeness (QED) is 0.714. The SMILES string of the molecule is C=CC(=O)NCCC(=O)N(C)C1CCN(C)CC1. The molecule has 1 fully saturated rings. The molecule has 0 bridgehead atoms. The van der Waals surface area contributed by atoms with E-state index in [2.05, 4.69) is 23.8 Å². The Hall–Kier alpha value is -1.36. The Balaban J connectivity index is 2.28. The standard InChI is InChI=1S/C13H23N3O2/c1-4-12(17)14-8-5-13(18)16(3)11-6-9-15(2)10-7-11/h4,11H,1,5-10H2,2-3H3,(H,14,17). The number of carbonyl (C=O) groups is 2.